The van der Waals surface area contributed by atoms with Crippen LogP contribution in [0.4, 0.5) is 5.69 Å². The van der Waals surface area contributed by atoms with Gasteiger partial charge < -0.3 is 10.2 Å². The van der Waals surface area contributed by atoms with Gasteiger partial charge in [-0.15, -0.1) is 0 Å². The largest absolute Gasteiger partial charge is 0.369 e. The maximum Gasteiger partial charge on any atom is 0.251 e. The normalized spacial score (nSPS) is 15.6. The first-order valence-electron chi connectivity index (χ1n) is 11.2. The van der Waals surface area contributed by atoms with Crippen molar-refractivity contribution in [3.63, 3.8) is 0 Å². The number of aryl methyl sites for hydroxylation is 1. The molecule has 1 aliphatic rings. The second-order valence-corrected chi connectivity index (χ2v) is 11.6. The van der Waals surface area contributed by atoms with Crippen molar-refractivity contribution < 1.29 is 13.2 Å². The zero-order chi connectivity index (χ0) is 23.4. The van der Waals surface area contributed by atoms with E-state index in [1.807, 2.05) is 30.3 Å². The summed E-state index contributed by atoms with van der Waals surface area (Å²) in [4.78, 5) is 14.6. The molecule has 0 bridgehead atoms. The molecule has 174 valence electrons. The van der Waals surface area contributed by atoms with Crippen LogP contribution in [-0.2, 0) is 15.4 Å². The van der Waals surface area contributed by atoms with Crippen LogP contribution in [0, 0.1) is 6.92 Å². The zero-order valence-electron chi connectivity index (χ0n) is 19.6. The van der Waals surface area contributed by atoms with Crippen LogP contribution in [0.5, 0.6) is 0 Å². The summed E-state index contributed by atoms with van der Waals surface area (Å²) in [5.41, 5.74) is 4.13. The lowest BCUT2D eigenvalue weighted by atomic mass is 9.87. The standard InChI is InChI=1S/C25H35N3O3S/c1-20-7-5-8-23(19-20)27-14-16-28(17-15-27)32(30,31)18-6-13-26-24(29)21-9-11-22(12-10-21)25(2,3)4/h5,7-12,19H,6,13-18H2,1-4H3,(H,26,29). The number of rotatable bonds is 7. The Morgan fingerprint density at radius 1 is 1.00 bits per heavy atom. The van der Waals surface area contributed by atoms with Crippen molar-refractivity contribution in [2.24, 2.45) is 0 Å². The molecule has 7 heteroatoms. The highest BCUT2D eigenvalue weighted by molar-refractivity contribution is 7.89. The van der Waals surface area contributed by atoms with Crippen molar-refractivity contribution in [1.82, 2.24) is 9.62 Å². The second-order valence-electron chi connectivity index (χ2n) is 9.48. The summed E-state index contributed by atoms with van der Waals surface area (Å²) < 4.78 is 27.0. The van der Waals surface area contributed by atoms with E-state index in [1.165, 1.54) is 11.1 Å². The van der Waals surface area contributed by atoms with Gasteiger partial charge in [0.15, 0.2) is 0 Å². The van der Waals surface area contributed by atoms with E-state index < -0.39 is 10.0 Å². The molecule has 1 heterocycles. The Morgan fingerprint density at radius 3 is 2.25 bits per heavy atom. The van der Waals surface area contributed by atoms with Crippen molar-refractivity contribution in [2.45, 2.75) is 39.5 Å². The molecular formula is C25H35N3O3S. The van der Waals surface area contributed by atoms with Crippen LogP contribution >= 0.6 is 0 Å². The lowest BCUT2D eigenvalue weighted by Crippen LogP contribution is -2.49. The number of amides is 1. The second kappa shape index (κ2) is 10.0. The zero-order valence-corrected chi connectivity index (χ0v) is 20.4. The Hall–Kier alpha value is -2.38. The van der Waals surface area contributed by atoms with Crippen LogP contribution in [0.1, 0.15) is 48.7 Å². The Morgan fingerprint density at radius 2 is 1.66 bits per heavy atom. The summed E-state index contributed by atoms with van der Waals surface area (Å²) in [5, 5.41) is 2.84. The third-order valence-electron chi connectivity index (χ3n) is 5.88. The van der Waals surface area contributed by atoms with Gasteiger partial charge in [-0.2, -0.15) is 4.31 Å². The van der Waals surface area contributed by atoms with E-state index in [4.69, 9.17) is 0 Å². The van der Waals surface area contributed by atoms with Gasteiger partial charge in [-0.25, -0.2) is 8.42 Å². The molecule has 3 rings (SSSR count). The Bertz CT molecular complexity index is 1020. The minimum Gasteiger partial charge on any atom is -0.369 e. The lowest BCUT2D eigenvalue weighted by molar-refractivity contribution is 0.0953. The molecule has 1 saturated heterocycles. The molecule has 0 spiro atoms. The molecule has 1 amide bonds. The SMILES string of the molecule is Cc1cccc(N2CCN(S(=O)(=O)CCCNC(=O)c3ccc(C(C)(C)C)cc3)CC2)c1. The number of piperazine rings is 1. The highest BCUT2D eigenvalue weighted by atomic mass is 32.2. The molecule has 0 radical (unpaired) electrons. The molecule has 2 aromatic carbocycles. The van der Waals surface area contributed by atoms with Gasteiger partial charge in [0.1, 0.15) is 0 Å². The molecule has 0 unspecified atom stereocenters. The van der Waals surface area contributed by atoms with Crippen molar-refractivity contribution in [1.29, 1.82) is 0 Å². The fourth-order valence-corrected chi connectivity index (χ4v) is 5.35. The molecule has 1 aliphatic heterocycles. The van der Waals surface area contributed by atoms with Crippen LogP contribution in [0.3, 0.4) is 0 Å². The molecule has 2 aromatic rings. The van der Waals surface area contributed by atoms with E-state index in [0.29, 0.717) is 44.7 Å². The molecule has 1 fully saturated rings. The van der Waals surface area contributed by atoms with E-state index in [0.717, 1.165) is 5.69 Å². The van der Waals surface area contributed by atoms with Crippen molar-refractivity contribution in [3.05, 3.63) is 65.2 Å². The fourth-order valence-electron chi connectivity index (χ4n) is 3.86. The maximum absolute atomic E-state index is 12.7. The molecular weight excluding hydrogens is 422 g/mol. The van der Waals surface area contributed by atoms with Gasteiger partial charge in [-0.3, -0.25) is 4.79 Å². The van der Waals surface area contributed by atoms with Gasteiger partial charge in [0.05, 0.1) is 5.75 Å². The topological polar surface area (TPSA) is 69.7 Å². The average molecular weight is 458 g/mol. The first kappa shape index (κ1) is 24.3. The third-order valence-corrected chi connectivity index (χ3v) is 7.83. The van der Waals surface area contributed by atoms with Crippen molar-refractivity contribution in [3.8, 4) is 0 Å². The van der Waals surface area contributed by atoms with Crippen LogP contribution in [0.25, 0.3) is 0 Å². The number of sulfonamides is 1. The smallest absolute Gasteiger partial charge is 0.251 e. The lowest BCUT2D eigenvalue weighted by Gasteiger charge is -2.35. The van der Waals surface area contributed by atoms with E-state index >= 15 is 0 Å². The van der Waals surface area contributed by atoms with E-state index in [9.17, 15) is 13.2 Å². The minimum atomic E-state index is -3.33. The monoisotopic (exact) mass is 457 g/mol. The van der Waals surface area contributed by atoms with Crippen molar-refractivity contribution in [2.75, 3.05) is 43.4 Å². The number of hydrogen-bond acceptors (Lipinski definition) is 4. The van der Waals surface area contributed by atoms with Gasteiger partial charge >= 0.3 is 0 Å². The minimum absolute atomic E-state index is 0.0366. The molecule has 1 N–H and O–H groups in total. The predicted molar refractivity (Wildman–Crippen MR) is 131 cm³/mol. The number of carbonyl (C=O) groups is 1. The highest BCUT2D eigenvalue weighted by Gasteiger charge is 2.26. The molecule has 0 aliphatic carbocycles. The predicted octanol–water partition coefficient (Wildman–Crippen LogP) is 3.56. The van der Waals surface area contributed by atoms with Gasteiger partial charge in [-0.1, -0.05) is 45.0 Å². The fraction of sp³-hybridized carbons (Fsp3) is 0.480. The van der Waals surface area contributed by atoms with E-state index in [-0.39, 0.29) is 17.1 Å². The van der Waals surface area contributed by atoms with E-state index in [1.54, 1.807) is 4.31 Å². The maximum atomic E-state index is 12.7. The third kappa shape index (κ3) is 6.33. The number of hydrogen-bond donors (Lipinski definition) is 1. The number of nitrogens with zero attached hydrogens (tertiary/aromatic N) is 2. The van der Waals surface area contributed by atoms with Crippen LogP contribution in [0.15, 0.2) is 48.5 Å². The highest BCUT2D eigenvalue weighted by Crippen LogP contribution is 2.22. The van der Waals surface area contributed by atoms with Crippen LogP contribution in [0.2, 0.25) is 0 Å². The van der Waals surface area contributed by atoms with Gasteiger partial charge in [0, 0.05) is 44.0 Å². The summed E-state index contributed by atoms with van der Waals surface area (Å²) in [6.45, 7) is 11.1. The average Bonchev–Trinajstić information content (AvgIpc) is 2.76. The summed E-state index contributed by atoms with van der Waals surface area (Å²) in [7, 11) is -3.33. The molecule has 6 nitrogen and oxygen atoms in total. The number of benzene rings is 2. The van der Waals surface area contributed by atoms with Crippen LogP contribution in [-0.4, -0.2) is 57.1 Å². The molecule has 0 saturated carbocycles. The Labute approximate surface area is 192 Å². The Balaban J connectivity index is 1.43. The number of carbonyl (C=O) groups excluding carboxylic acids is 1. The molecule has 0 atom stereocenters. The summed E-state index contributed by atoms with van der Waals surface area (Å²) in [6, 6.07) is 15.9. The van der Waals surface area contributed by atoms with Crippen molar-refractivity contribution >= 4 is 21.6 Å². The number of nitrogens with one attached hydrogen (secondary N) is 1. The van der Waals surface area contributed by atoms with Gasteiger partial charge in [-0.05, 0) is 54.2 Å². The Kier molecular flexibility index (Phi) is 7.62. The quantitative estimate of drug-likeness (QED) is 0.646. The van der Waals surface area contributed by atoms with Gasteiger partial charge in [0.2, 0.25) is 10.0 Å². The first-order chi connectivity index (χ1) is 15.1. The molecule has 32 heavy (non-hydrogen) atoms. The number of anilines is 1. The van der Waals surface area contributed by atoms with Crippen LogP contribution < -0.4 is 10.2 Å². The summed E-state index contributed by atoms with van der Waals surface area (Å²) in [5.74, 6) is -0.129. The molecule has 0 aromatic heterocycles. The van der Waals surface area contributed by atoms with E-state index in [2.05, 4.69) is 56.1 Å². The summed E-state index contributed by atoms with van der Waals surface area (Å²) in [6.07, 6.45) is 0.395. The first-order valence-corrected chi connectivity index (χ1v) is 12.9. The summed E-state index contributed by atoms with van der Waals surface area (Å²) >= 11 is 0. The van der Waals surface area contributed by atoms with Gasteiger partial charge in [0.25, 0.3) is 5.91 Å².